The fraction of sp³-hybridized carbons (Fsp3) is 0.500. The van der Waals surface area contributed by atoms with Crippen molar-refractivity contribution in [3.63, 3.8) is 0 Å². The summed E-state index contributed by atoms with van der Waals surface area (Å²) in [6, 6.07) is 7.57. The number of aryl methyl sites for hydroxylation is 1. The van der Waals surface area contributed by atoms with Crippen LogP contribution in [-0.2, 0) is 16.3 Å². The maximum atomic E-state index is 11.7. The van der Waals surface area contributed by atoms with Crippen LogP contribution in [0.5, 0.6) is 5.75 Å². The highest BCUT2D eigenvalue weighted by Crippen LogP contribution is 2.27. The number of anilines is 1. The molecule has 1 atom stereocenters. The fourth-order valence-corrected chi connectivity index (χ4v) is 3.90. The Labute approximate surface area is 161 Å². The van der Waals surface area contributed by atoms with Crippen molar-refractivity contribution < 1.29 is 13.2 Å². The average Bonchev–Trinajstić information content (AvgIpc) is 2.68. The summed E-state index contributed by atoms with van der Waals surface area (Å²) in [5.41, 5.74) is 1.14. The van der Waals surface area contributed by atoms with Crippen LogP contribution in [-0.4, -0.2) is 43.8 Å². The zero-order valence-electron chi connectivity index (χ0n) is 16.1. The van der Waals surface area contributed by atoms with E-state index in [1.165, 1.54) is 12.3 Å². The minimum Gasteiger partial charge on any atom is -0.490 e. The summed E-state index contributed by atoms with van der Waals surface area (Å²) in [5.74, 6) is 1.74. The molecule has 27 heavy (non-hydrogen) atoms. The van der Waals surface area contributed by atoms with E-state index < -0.39 is 9.84 Å². The van der Waals surface area contributed by atoms with E-state index in [9.17, 15) is 8.42 Å². The van der Waals surface area contributed by atoms with Crippen LogP contribution in [0.4, 0.5) is 5.95 Å². The highest BCUT2D eigenvalue weighted by Gasteiger charge is 2.26. The van der Waals surface area contributed by atoms with E-state index in [1.54, 1.807) is 12.1 Å². The Kier molecular flexibility index (Phi) is 5.99. The molecule has 7 heteroatoms. The molecule has 1 aliphatic rings. The molecule has 0 spiro atoms. The first-order chi connectivity index (χ1) is 12.9. The van der Waals surface area contributed by atoms with Crippen LogP contribution in [0.15, 0.2) is 35.5 Å². The van der Waals surface area contributed by atoms with Gasteiger partial charge in [0.05, 0.1) is 11.0 Å². The lowest BCUT2D eigenvalue weighted by atomic mass is 9.92. The Morgan fingerprint density at radius 1 is 1.26 bits per heavy atom. The topological polar surface area (TPSA) is 72.4 Å². The second-order valence-electron chi connectivity index (χ2n) is 7.07. The molecular formula is C20H26N3O3S. The summed E-state index contributed by atoms with van der Waals surface area (Å²) in [7, 11) is -3.26. The largest absolute Gasteiger partial charge is 0.490 e. The molecule has 1 saturated heterocycles. The molecule has 0 aliphatic carbocycles. The maximum Gasteiger partial charge on any atom is 0.225 e. The summed E-state index contributed by atoms with van der Waals surface area (Å²) >= 11 is 0. The highest BCUT2D eigenvalue weighted by atomic mass is 32.2. The molecule has 2 aromatic rings. The third kappa shape index (κ3) is 4.97. The first-order valence-electron chi connectivity index (χ1n) is 9.30. The van der Waals surface area contributed by atoms with Gasteiger partial charge in [-0.15, -0.1) is 0 Å². The van der Waals surface area contributed by atoms with Crippen molar-refractivity contribution in [3.8, 4) is 5.75 Å². The van der Waals surface area contributed by atoms with Gasteiger partial charge in [0, 0.05) is 31.7 Å². The van der Waals surface area contributed by atoms with E-state index in [2.05, 4.69) is 27.9 Å². The molecule has 1 fully saturated rings. The highest BCUT2D eigenvalue weighted by molar-refractivity contribution is 7.90. The standard InChI is InChI=1S/C20H26N3O3S/c1-4-16-13-21-20(22-14-16)23-10-8-17(9-11-23)15(2)26-18-6-5-7-19(12-18)27(3,24)25/h6-7,12-15,17H,4,8-11H2,1-3H3/t15-/m0/s1. The lowest BCUT2D eigenvalue weighted by Gasteiger charge is -2.34. The maximum absolute atomic E-state index is 11.7. The number of nitrogens with zero attached hydrogens (tertiary/aromatic N) is 3. The Balaban J connectivity index is 1.57. The molecule has 0 amide bonds. The summed E-state index contributed by atoms with van der Waals surface area (Å²) < 4.78 is 29.4. The van der Waals surface area contributed by atoms with E-state index in [1.807, 2.05) is 19.3 Å². The second-order valence-corrected chi connectivity index (χ2v) is 9.08. The van der Waals surface area contributed by atoms with Gasteiger partial charge in [-0.2, -0.15) is 0 Å². The van der Waals surface area contributed by atoms with Crippen LogP contribution in [0.3, 0.4) is 0 Å². The Hall–Kier alpha value is -2.15. The molecule has 0 saturated carbocycles. The van der Waals surface area contributed by atoms with E-state index in [0.717, 1.165) is 43.9 Å². The number of benzene rings is 1. The van der Waals surface area contributed by atoms with Gasteiger partial charge < -0.3 is 9.64 Å². The lowest BCUT2D eigenvalue weighted by Crippen LogP contribution is -2.39. The van der Waals surface area contributed by atoms with E-state index in [4.69, 9.17) is 4.74 Å². The molecule has 3 rings (SSSR count). The molecule has 1 radical (unpaired) electrons. The van der Waals surface area contributed by atoms with Crippen LogP contribution in [0.2, 0.25) is 0 Å². The molecule has 0 N–H and O–H groups in total. The molecule has 0 unspecified atom stereocenters. The third-order valence-electron chi connectivity index (χ3n) is 5.07. The van der Waals surface area contributed by atoms with Gasteiger partial charge in [-0.3, -0.25) is 0 Å². The number of hydrogen-bond acceptors (Lipinski definition) is 6. The average molecular weight is 389 g/mol. The van der Waals surface area contributed by atoms with E-state index in [-0.39, 0.29) is 11.0 Å². The van der Waals surface area contributed by atoms with Crippen molar-refractivity contribution >= 4 is 15.8 Å². The van der Waals surface area contributed by atoms with Gasteiger partial charge in [-0.25, -0.2) is 18.4 Å². The van der Waals surface area contributed by atoms with Crippen LogP contribution in [0.1, 0.15) is 32.3 Å². The van der Waals surface area contributed by atoms with Gasteiger partial charge in [0.2, 0.25) is 5.95 Å². The molecular weight excluding hydrogens is 362 g/mol. The number of ether oxygens (including phenoxy) is 1. The number of rotatable bonds is 6. The second kappa shape index (κ2) is 8.25. The van der Waals surface area contributed by atoms with Gasteiger partial charge in [-0.1, -0.05) is 6.92 Å². The molecule has 1 aromatic heterocycles. The quantitative estimate of drug-likeness (QED) is 0.758. The van der Waals surface area contributed by atoms with Crippen molar-refractivity contribution in [2.24, 2.45) is 5.92 Å². The van der Waals surface area contributed by atoms with Gasteiger partial charge in [0.1, 0.15) is 5.75 Å². The Morgan fingerprint density at radius 2 is 1.93 bits per heavy atom. The van der Waals surface area contributed by atoms with E-state index >= 15 is 0 Å². The monoisotopic (exact) mass is 388 g/mol. The number of hydrogen-bond donors (Lipinski definition) is 0. The summed E-state index contributed by atoms with van der Waals surface area (Å²) in [6.45, 7) is 5.91. The molecule has 1 aliphatic heterocycles. The van der Waals surface area contributed by atoms with Gasteiger partial charge in [0.25, 0.3) is 0 Å². The first-order valence-corrected chi connectivity index (χ1v) is 11.2. The summed E-state index contributed by atoms with van der Waals surface area (Å²) in [5, 5.41) is 0. The zero-order chi connectivity index (χ0) is 19.4. The van der Waals surface area contributed by atoms with Crippen LogP contribution >= 0.6 is 0 Å². The molecule has 6 nitrogen and oxygen atoms in total. The fourth-order valence-electron chi connectivity index (χ4n) is 3.29. The minimum atomic E-state index is -3.26. The minimum absolute atomic E-state index is 0.00116. The molecule has 1 aromatic carbocycles. The number of sulfone groups is 1. The lowest BCUT2D eigenvalue weighted by molar-refractivity contribution is 0.132. The predicted molar refractivity (Wildman–Crippen MR) is 105 cm³/mol. The zero-order valence-corrected chi connectivity index (χ0v) is 16.9. The van der Waals surface area contributed by atoms with Crippen molar-refractivity contribution in [3.05, 3.63) is 42.2 Å². The van der Waals surface area contributed by atoms with Crippen molar-refractivity contribution in [1.82, 2.24) is 9.97 Å². The summed E-state index contributed by atoms with van der Waals surface area (Å²) in [4.78, 5) is 11.4. The van der Waals surface area contributed by atoms with Crippen LogP contribution < -0.4 is 9.64 Å². The van der Waals surface area contributed by atoms with Crippen LogP contribution in [0, 0.1) is 12.0 Å². The van der Waals surface area contributed by atoms with Crippen molar-refractivity contribution in [1.29, 1.82) is 0 Å². The molecule has 2 heterocycles. The van der Waals surface area contributed by atoms with Crippen molar-refractivity contribution in [2.45, 2.75) is 44.1 Å². The predicted octanol–water partition coefficient (Wildman–Crippen LogP) is 2.93. The first kappa shape index (κ1) is 19.6. The Morgan fingerprint density at radius 3 is 2.52 bits per heavy atom. The summed E-state index contributed by atoms with van der Waals surface area (Å²) in [6.07, 6.45) is 7.88. The van der Waals surface area contributed by atoms with Crippen LogP contribution in [0.25, 0.3) is 0 Å². The van der Waals surface area contributed by atoms with Crippen molar-refractivity contribution in [2.75, 3.05) is 24.2 Å². The number of piperidine rings is 1. The Bertz CT molecular complexity index is 860. The SMILES string of the molecule is CCc1cnc(N2CCC([C@H](C)Oc3c[c]cc(S(C)(=O)=O)c3)CC2)nc1. The molecule has 145 valence electrons. The number of aromatic nitrogens is 2. The molecule has 0 bridgehead atoms. The third-order valence-corrected chi connectivity index (χ3v) is 6.16. The van der Waals surface area contributed by atoms with Gasteiger partial charge in [0.15, 0.2) is 9.84 Å². The normalized spacial score (nSPS) is 16.9. The van der Waals surface area contributed by atoms with E-state index in [0.29, 0.717) is 11.7 Å². The smallest absolute Gasteiger partial charge is 0.225 e. The van der Waals surface area contributed by atoms with Gasteiger partial charge in [-0.05, 0) is 61.9 Å². The van der Waals surface area contributed by atoms with Gasteiger partial charge >= 0.3 is 0 Å².